The van der Waals surface area contributed by atoms with E-state index in [-0.39, 0.29) is 0 Å². The summed E-state index contributed by atoms with van der Waals surface area (Å²) in [4.78, 5) is 0. The lowest BCUT2D eigenvalue weighted by atomic mass is 10.4. The van der Waals surface area contributed by atoms with Gasteiger partial charge in [-0.25, -0.2) is 0 Å². The molecule has 5 heteroatoms. The Kier molecular flexibility index (Phi) is 3.35. The number of nitrogens with two attached hydrogens (primary N) is 1. The first kappa shape index (κ1) is 8.52. The van der Waals surface area contributed by atoms with Crippen LogP contribution in [0.3, 0.4) is 0 Å². The van der Waals surface area contributed by atoms with Crippen LogP contribution in [0.5, 0.6) is 0 Å². The van der Waals surface area contributed by atoms with E-state index >= 15 is 0 Å². The van der Waals surface area contributed by atoms with Gasteiger partial charge in [-0.2, -0.15) is 0 Å². The number of hydrogen-bond donors (Lipinski definition) is 2. The average molecular weight is 176 g/mol. The lowest BCUT2D eigenvalue weighted by Crippen LogP contribution is -2.21. The molecule has 1 aromatic heterocycles. The molecule has 0 bridgehead atoms. The zero-order valence-electron chi connectivity index (χ0n) is 6.01. The Balaban J connectivity index is 2.27. The topological polar surface area (TPSA) is 64.1 Å². The Hall–Kier alpha value is -0.580. The molecule has 1 rings (SSSR count). The molecule has 11 heavy (non-hydrogen) atoms. The van der Waals surface area contributed by atoms with E-state index in [1.807, 2.05) is 0 Å². The van der Waals surface area contributed by atoms with Gasteiger partial charge in [0.15, 0.2) is 10.9 Å². The molecule has 0 amide bonds. The molecule has 0 aliphatic rings. The highest BCUT2D eigenvalue weighted by Gasteiger charge is 1.99. The van der Waals surface area contributed by atoms with Crippen molar-refractivity contribution in [2.45, 2.75) is 6.54 Å². The Morgan fingerprint density at radius 3 is 3.09 bits per heavy atom. The van der Waals surface area contributed by atoms with Crippen LogP contribution in [0.15, 0.2) is 10.6 Å². The third-order valence-electron chi connectivity index (χ3n) is 1.15. The third kappa shape index (κ3) is 2.88. The van der Waals surface area contributed by atoms with Crippen LogP contribution in [-0.4, -0.2) is 18.2 Å². The summed E-state index contributed by atoms with van der Waals surface area (Å²) >= 11 is 5.52. The number of hydrogen-bond acceptors (Lipinski definition) is 4. The molecule has 62 valence electrons. The first-order valence-corrected chi connectivity index (χ1v) is 3.72. The smallest absolute Gasteiger partial charge is 0.172 e. The fourth-order valence-corrected chi connectivity index (χ4v) is 0.841. The Bertz CT molecular complexity index is 213. The molecule has 0 saturated carbocycles. The molecule has 1 aromatic rings. The summed E-state index contributed by atoms with van der Waals surface area (Å²) in [5.74, 6) is 0.725. The van der Waals surface area contributed by atoms with E-state index in [1.165, 1.54) is 0 Å². The molecule has 3 N–H and O–H groups in total. The van der Waals surface area contributed by atoms with E-state index in [2.05, 4.69) is 10.5 Å². The highest BCUT2D eigenvalue weighted by atomic mass is 35.5. The summed E-state index contributed by atoms with van der Waals surface area (Å²) in [5.41, 5.74) is 5.26. The fourth-order valence-electron chi connectivity index (χ4n) is 0.685. The van der Waals surface area contributed by atoms with Crippen molar-refractivity contribution in [1.29, 1.82) is 0 Å². The van der Waals surface area contributed by atoms with E-state index in [0.29, 0.717) is 18.2 Å². The van der Waals surface area contributed by atoms with Crippen LogP contribution >= 0.6 is 11.6 Å². The predicted molar refractivity (Wildman–Crippen MR) is 42.3 cm³/mol. The van der Waals surface area contributed by atoms with Crippen LogP contribution in [0.2, 0.25) is 5.15 Å². The van der Waals surface area contributed by atoms with E-state index in [0.717, 1.165) is 12.3 Å². The zero-order chi connectivity index (χ0) is 8.10. The van der Waals surface area contributed by atoms with Crippen LogP contribution in [0, 0.1) is 0 Å². The van der Waals surface area contributed by atoms with Gasteiger partial charge in [-0.05, 0) is 0 Å². The third-order valence-corrected chi connectivity index (χ3v) is 1.33. The zero-order valence-corrected chi connectivity index (χ0v) is 6.77. The minimum atomic E-state index is 0.384. The molecule has 0 radical (unpaired) electrons. The van der Waals surface area contributed by atoms with Gasteiger partial charge in [-0.15, -0.1) is 0 Å². The van der Waals surface area contributed by atoms with Gasteiger partial charge in [0.2, 0.25) is 0 Å². The Morgan fingerprint density at radius 2 is 2.55 bits per heavy atom. The summed E-state index contributed by atoms with van der Waals surface area (Å²) in [6, 6.07) is 1.67. The number of nitrogens with one attached hydrogen (secondary N) is 1. The molecular formula is C6H10ClN3O. The summed E-state index contributed by atoms with van der Waals surface area (Å²) in [6.07, 6.45) is 0. The largest absolute Gasteiger partial charge is 0.358 e. The van der Waals surface area contributed by atoms with Gasteiger partial charge >= 0.3 is 0 Å². The van der Waals surface area contributed by atoms with Gasteiger partial charge < -0.3 is 15.6 Å². The lowest BCUT2D eigenvalue weighted by molar-refractivity contribution is 0.374. The second-order valence-corrected chi connectivity index (χ2v) is 2.47. The molecule has 0 saturated heterocycles. The van der Waals surface area contributed by atoms with Crippen molar-refractivity contribution in [3.63, 3.8) is 0 Å². The van der Waals surface area contributed by atoms with Crippen molar-refractivity contribution in [1.82, 2.24) is 10.5 Å². The molecule has 1 heterocycles. The minimum absolute atomic E-state index is 0.384. The predicted octanol–water partition coefficient (Wildman–Crippen LogP) is 0.376. The van der Waals surface area contributed by atoms with Crippen molar-refractivity contribution < 1.29 is 4.52 Å². The first-order chi connectivity index (χ1) is 5.33. The summed E-state index contributed by atoms with van der Waals surface area (Å²) in [7, 11) is 0. The van der Waals surface area contributed by atoms with E-state index in [1.54, 1.807) is 6.07 Å². The molecule has 0 aliphatic heterocycles. The summed E-state index contributed by atoms with van der Waals surface area (Å²) in [6.45, 7) is 2.00. The van der Waals surface area contributed by atoms with Crippen LogP contribution in [0.4, 0.5) is 0 Å². The van der Waals surface area contributed by atoms with Gasteiger partial charge in [-0.1, -0.05) is 16.8 Å². The molecule has 0 unspecified atom stereocenters. The van der Waals surface area contributed by atoms with Crippen molar-refractivity contribution in [3.05, 3.63) is 17.0 Å². The highest BCUT2D eigenvalue weighted by molar-refractivity contribution is 6.29. The molecule has 4 nitrogen and oxygen atoms in total. The summed E-state index contributed by atoms with van der Waals surface area (Å²) in [5, 5.41) is 6.95. The lowest BCUT2D eigenvalue weighted by Gasteiger charge is -1.96. The summed E-state index contributed by atoms with van der Waals surface area (Å²) < 4.78 is 4.83. The van der Waals surface area contributed by atoms with Crippen LogP contribution in [-0.2, 0) is 6.54 Å². The molecule has 0 aromatic carbocycles. The van der Waals surface area contributed by atoms with Gasteiger partial charge in [0.25, 0.3) is 0 Å². The van der Waals surface area contributed by atoms with Crippen LogP contribution < -0.4 is 11.1 Å². The van der Waals surface area contributed by atoms with Gasteiger partial charge in [0.05, 0.1) is 6.54 Å². The standard InChI is InChI=1S/C6H10ClN3O/c7-6-3-5(11-10-6)4-9-2-1-8/h3,9H,1-2,4,8H2. The maximum Gasteiger partial charge on any atom is 0.172 e. The van der Waals surface area contributed by atoms with Crippen molar-refractivity contribution >= 4 is 11.6 Å². The SMILES string of the molecule is NCCNCc1cc(Cl)no1. The number of halogens is 1. The molecule has 0 spiro atoms. The monoisotopic (exact) mass is 175 g/mol. The second-order valence-electron chi connectivity index (χ2n) is 2.08. The normalized spacial score (nSPS) is 10.4. The number of nitrogens with zero attached hydrogens (tertiary/aromatic N) is 1. The number of aromatic nitrogens is 1. The quantitative estimate of drug-likeness (QED) is 0.650. The van der Waals surface area contributed by atoms with Gasteiger partial charge in [0.1, 0.15) is 0 Å². The average Bonchev–Trinajstić information content (AvgIpc) is 2.37. The molecule has 0 aliphatic carbocycles. The van der Waals surface area contributed by atoms with E-state index < -0.39 is 0 Å². The maximum absolute atomic E-state index is 5.52. The molecule has 0 atom stereocenters. The van der Waals surface area contributed by atoms with Crippen molar-refractivity contribution in [3.8, 4) is 0 Å². The van der Waals surface area contributed by atoms with E-state index in [4.69, 9.17) is 21.9 Å². The van der Waals surface area contributed by atoms with Crippen LogP contribution in [0.1, 0.15) is 5.76 Å². The molecular weight excluding hydrogens is 166 g/mol. The van der Waals surface area contributed by atoms with Gasteiger partial charge in [-0.3, -0.25) is 0 Å². The van der Waals surface area contributed by atoms with Crippen molar-refractivity contribution in [2.75, 3.05) is 13.1 Å². The number of rotatable bonds is 4. The van der Waals surface area contributed by atoms with Crippen LogP contribution in [0.25, 0.3) is 0 Å². The maximum atomic E-state index is 5.52. The minimum Gasteiger partial charge on any atom is -0.358 e. The van der Waals surface area contributed by atoms with Crippen molar-refractivity contribution in [2.24, 2.45) is 5.73 Å². The first-order valence-electron chi connectivity index (χ1n) is 3.35. The Morgan fingerprint density at radius 1 is 1.73 bits per heavy atom. The Labute approximate surface area is 69.7 Å². The van der Waals surface area contributed by atoms with E-state index in [9.17, 15) is 0 Å². The highest BCUT2D eigenvalue weighted by Crippen LogP contribution is 2.07. The molecule has 0 fully saturated rings. The second kappa shape index (κ2) is 4.33. The fraction of sp³-hybridized carbons (Fsp3) is 0.500. The van der Waals surface area contributed by atoms with Gasteiger partial charge in [0, 0.05) is 19.2 Å².